The van der Waals surface area contributed by atoms with Crippen LogP contribution in [-0.2, 0) is 4.79 Å². The van der Waals surface area contributed by atoms with E-state index in [4.69, 9.17) is 0 Å². The quantitative estimate of drug-likeness (QED) is 0.840. The summed E-state index contributed by atoms with van der Waals surface area (Å²) in [7, 11) is 0. The maximum atomic E-state index is 12.1. The number of carbonyl (C=O) groups excluding carboxylic acids is 1. The van der Waals surface area contributed by atoms with Gasteiger partial charge in [0.15, 0.2) is 6.04 Å². The van der Waals surface area contributed by atoms with Gasteiger partial charge in [0.25, 0.3) is 0 Å². The van der Waals surface area contributed by atoms with Crippen LogP contribution in [0.1, 0.15) is 32.4 Å². The summed E-state index contributed by atoms with van der Waals surface area (Å²) in [5.74, 6) is -0.731. The Labute approximate surface area is 119 Å². The summed E-state index contributed by atoms with van der Waals surface area (Å²) in [6.07, 6.45) is 0. The second kappa shape index (κ2) is 7.53. The molecular formula is C15H22N2O3. The van der Waals surface area contributed by atoms with E-state index in [1.165, 1.54) is 0 Å². The van der Waals surface area contributed by atoms with E-state index in [2.05, 4.69) is 5.32 Å². The Balaban J connectivity index is 2.81. The van der Waals surface area contributed by atoms with Gasteiger partial charge in [0.05, 0.1) is 0 Å². The van der Waals surface area contributed by atoms with E-state index in [0.29, 0.717) is 24.6 Å². The summed E-state index contributed by atoms with van der Waals surface area (Å²) in [4.78, 5) is 25.1. The van der Waals surface area contributed by atoms with E-state index in [-0.39, 0.29) is 6.03 Å². The number of hydrogen-bond donors (Lipinski definition) is 2. The molecule has 20 heavy (non-hydrogen) atoms. The van der Waals surface area contributed by atoms with E-state index < -0.39 is 12.0 Å². The molecule has 1 aromatic carbocycles. The molecule has 5 nitrogen and oxygen atoms in total. The number of urea groups is 1. The van der Waals surface area contributed by atoms with Crippen LogP contribution < -0.4 is 5.32 Å². The molecule has 0 aliphatic heterocycles. The van der Waals surface area contributed by atoms with Gasteiger partial charge in [-0.2, -0.15) is 0 Å². The fraction of sp³-hybridized carbons (Fsp3) is 0.467. The first kappa shape index (κ1) is 16.0. The molecule has 0 aliphatic carbocycles. The van der Waals surface area contributed by atoms with Crippen molar-refractivity contribution >= 4 is 12.0 Å². The first-order valence-corrected chi connectivity index (χ1v) is 6.78. The molecule has 0 aromatic heterocycles. The highest BCUT2D eigenvalue weighted by Crippen LogP contribution is 2.13. The van der Waals surface area contributed by atoms with Crippen LogP contribution in [0.4, 0.5) is 4.79 Å². The number of carboxylic acid groups (broad SMARTS) is 1. The number of rotatable bonds is 6. The topological polar surface area (TPSA) is 69.6 Å². The molecule has 0 heterocycles. The average molecular weight is 278 g/mol. The molecular weight excluding hydrogens is 256 g/mol. The Kier molecular flexibility index (Phi) is 6.03. The molecule has 5 heteroatoms. The largest absolute Gasteiger partial charge is 0.479 e. The molecule has 0 saturated carbocycles. The number of nitrogens with one attached hydrogen (secondary N) is 1. The molecule has 2 N–H and O–H groups in total. The highest BCUT2D eigenvalue weighted by Gasteiger charge is 2.24. The maximum absolute atomic E-state index is 12.1. The van der Waals surface area contributed by atoms with Crippen LogP contribution in [-0.4, -0.2) is 35.1 Å². The molecule has 0 aliphatic rings. The average Bonchev–Trinajstić information content (AvgIpc) is 2.42. The lowest BCUT2D eigenvalue weighted by molar-refractivity contribution is -0.139. The monoisotopic (exact) mass is 278 g/mol. The first-order valence-electron chi connectivity index (χ1n) is 6.78. The molecule has 0 spiro atoms. The van der Waals surface area contributed by atoms with Crippen LogP contribution in [0.2, 0.25) is 0 Å². The van der Waals surface area contributed by atoms with Crippen LogP contribution in [0.25, 0.3) is 0 Å². The van der Waals surface area contributed by atoms with Gasteiger partial charge in [-0.15, -0.1) is 0 Å². The van der Waals surface area contributed by atoms with Crippen molar-refractivity contribution < 1.29 is 14.7 Å². The predicted octanol–water partition coefficient (Wildman–Crippen LogP) is 2.50. The molecule has 1 aromatic rings. The van der Waals surface area contributed by atoms with Gasteiger partial charge in [0, 0.05) is 13.1 Å². The Morgan fingerprint density at radius 1 is 1.25 bits per heavy atom. The molecule has 0 fully saturated rings. The smallest absolute Gasteiger partial charge is 0.330 e. The Bertz CT molecular complexity index is 446. The van der Waals surface area contributed by atoms with Gasteiger partial charge in [0.1, 0.15) is 0 Å². The highest BCUT2D eigenvalue weighted by atomic mass is 16.4. The van der Waals surface area contributed by atoms with Crippen LogP contribution >= 0.6 is 0 Å². The zero-order chi connectivity index (χ0) is 15.1. The summed E-state index contributed by atoms with van der Waals surface area (Å²) in [6, 6.07) is 7.32. The minimum absolute atomic E-state index is 0.334. The summed E-state index contributed by atoms with van der Waals surface area (Å²) < 4.78 is 0. The van der Waals surface area contributed by atoms with E-state index in [1.54, 1.807) is 35.2 Å². The van der Waals surface area contributed by atoms with E-state index in [9.17, 15) is 14.7 Å². The van der Waals surface area contributed by atoms with Crippen molar-refractivity contribution in [2.75, 3.05) is 13.1 Å². The lowest BCUT2D eigenvalue weighted by Gasteiger charge is -2.25. The fourth-order valence-electron chi connectivity index (χ4n) is 1.94. The van der Waals surface area contributed by atoms with Crippen molar-refractivity contribution in [2.45, 2.75) is 26.8 Å². The van der Waals surface area contributed by atoms with Crippen molar-refractivity contribution in [1.82, 2.24) is 10.2 Å². The van der Waals surface area contributed by atoms with Gasteiger partial charge in [-0.1, -0.05) is 44.2 Å². The van der Waals surface area contributed by atoms with Gasteiger partial charge >= 0.3 is 12.0 Å². The van der Waals surface area contributed by atoms with Crippen molar-refractivity contribution in [3.05, 3.63) is 35.9 Å². The first-order chi connectivity index (χ1) is 9.45. The third-order valence-corrected chi connectivity index (χ3v) is 2.90. The Morgan fingerprint density at radius 3 is 2.30 bits per heavy atom. The number of carboxylic acids is 1. The van der Waals surface area contributed by atoms with Crippen molar-refractivity contribution in [3.8, 4) is 0 Å². The predicted molar refractivity (Wildman–Crippen MR) is 77.4 cm³/mol. The molecule has 0 unspecified atom stereocenters. The molecule has 0 saturated heterocycles. The van der Waals surface area contributed by atoms with Gasteiger partial charge in [-0.05, 0) is 18.4 Å². The summed E-state index contributed by atoms with van der Waals surface area (Å²) in [5.41, 5.74) is 0.564. The minimum Gasteiger partial charge on any atom is -0.479 e. The van der Waals surface area contributed by atoms with Crippen molar-refractivity contribution in [3.63, 3.8) is 0 Å². The zero-order valence-corrected chi connectivity index (χ0v) is 12.2. The standard InChI is InChI=1S/C15H22N2O3/c1-4-17(10-11(2)3)15(20)16-13(14(18)19)12-8-6-5-7-9-12/h5-9,11,13H,4,10H2,1-3H3,(H,16,20)(H,18,19)/t13-/m1/s1. The van der Waals surface area contributed by atoms with Gasteiger partial charge in [0.2, 0.25) is 0 Å². The molecule has 1 rings (SSSR count). The Hall–Kier alpha value is -2.04. The molecule has 0 bridgehead atoms. The lowest BCUT2D eigenvalue weighted by atomic mass is 10.1. The summed E-state index contributed by atoms with van der Waals surface area (Å²) in [5, 5.41) is 11.9. The molecule has 2 amide bonds. The van der Waals surface area contributed by atoms with E-state index >= 15 is 0 Å². The minimum atomic E-state index is -1.06. The van der Waals surface area contributed by atoms with Gasteiger partial charge < -0.3 is 15.3 Å². The second-order valence-electron chi connectivity index (χ2n) is 5.06. The summed E-state index contributed by atoms with van der Waals surface area (Å²) in [6.45, 7) is 7.05. The Morgan fingerprint density at radius 2 is 1.85 bits per heavy atom. The third kappa shape index (κ3) is 4.57. The summed E-state index contributed by atoms with van der Waals surface area (Å²) >= 11 is 0. The normalized spacial score (nSPS) is 12.0. The molecule has 0 radical (unpaired) electrons. The molecule has 110 valence electrons. The highest BCUT2D eigenvalue weighted by molar-refractivity contribution is 5.83. The fourth-order valence-corrected chi connectivity index (χ4v) is 1.94. The van der Waals surface area contributed by atoms with E-state index in [1.807, 2.05) is 20.8 Å². The van der Waals surface area contributed by atoms with Gasteiger partial charge in [-0.25, -0.2) is 9.59 Å². The maximum Gasteiger partial charge on any atom is 0.330 e. The lowest BCUT2D eigenvalue weighted by Crippen LogP contribution is -2.45. The van der Waals surface area contributed by atoms with Crippen molar-refractivity contribution in [1.29, 1.82) is 0 Å². The van der Waals surface area contributed by atoms with E-state index in [0.717, 1.165) is 0 Å². The number of carbonyl (C=O) groups is 2. The number of benzene rings is 1. The second-order valence-corrected chi connectivity index (χ2v) is 5.06. The zero-order valence-electron chi connectivity index (χ0n) is 12.2. The van der Waals surface area contributed by atoms with Gasteiger partial charge in [-0.3, -0.25) is 0 Å². The van der Waals surface area contributed by atoms with Crippen LogP contribution in [0, 0.1) is 5.92 Å². The van der Waals surface area contributed by atoms with Crippen LogP contribution in [0.5, 0.6) is 0 Å². The SMILES string of the molecule is CCN(CC(C)C)C(=O)N[C@@H](C(=O)O)c1ccccc1. The van der Waals surface area contributed by atoms with Crippen LogP contribution in [0.15, 0.2) is 30.3 Å². The van der Waals surface area contributed by atoms with Crippen molar-refractivity contribution in [2.24, 2.45) is 5.92 Å². The third-order valence-electron chi connectivity index (χ3n) is 2.90. The number of hydrogen-bond acceptors (Lipinski definition) is 2. The molecule has 1 atom stereocenters. The van der Waals surface area contributed by atoms with Crippen LogP contribution in [0.3, 0.4) is 0 Å². The number of amides is 2. The number of nitrogens with zero attached hydrogens (tertiary/aromatic N) is 1. The number of aliphatic carboxylic acids is 1.